The molecule has 0 radical (unpaired) electrons. The van der Waals surface area contributed by atoms with Crippen LogP contribution in [-0.2, 0) is 6.42 Å². The fraction of sp³-hybridized carbons (Fsp3) is 0.263. The molecule has 0 heterocycles. The van der Waals surface area contributed by atoms with Crippen LogP contribution in [0.15, 0.2) is 49.0 Å². The van der Waals surface area contributed by atoms with Gasteiger partial charge in [0.05, 0.1) is 0 Å². The predicted octanol–water partition coefficient (Wildman–Crippen LogP) is 5.26. The van der Waals surface area contributed by atoms with Crippen LogP contribution in [0, 0.1) is 20.8 Å². The largest absolute Gasteiger partial charge is 0.0952 e. The first-order valence-corrected chi connectivity index (χ1v) is 6.87. The van der Waals surface area contributed by atoms with Crippen molar-refractivity contribution in [3.8, 4) is 0 Å². The number of allylic oxidation sites excluding steroid dienone is 1. The molecular formula is C19H22. The first-order chi connectivity index (χ1) is 9.06. The molecule has 0 spiro atoms. The molecule has 0 unspecified atom stereocenters. The van der Waals surface area contributed by atoms with Gasteiger partial charge in [-0.3, -0.25) is 0 Å². The van der Waals surface area contributed by atoms with Gasteiger partial charge in [-0.2, -0.15) is 0 Å². The summed E-state index contributed by atoms with van der Waals surface area (Å²) in [4.78, 5) is 0. The topological polar surface area (TPSA) is 0 Å². The quantitative estimate of drug-likeness (QED) is 0.694. The maximum Gasteiger partial charge on any atom is -0.0198 e. The zero-order valence-electron chi connectivity index (χ0n) is 12.2. The highest BCUT2D eigenvalue weighted by atomic mass is 14.1. The molecule has 19 heavy (non-hydrogen) atoms. The molecule has 0 aliphatic rings. The molecule has 0 heteroatoms. The number of aryl methyl sites for hydroxylation is 4. The fourth-order valence-electron chi connectivity index (χ4n) is 2.30. The van der Waals surface area contributed by atoms with Crippen LogP contribution in [0.3, 0.4) is 0 Å². The first-order valence-electron chi connectivity index (χ1n) is 6.87. The summed E-state index contributed by atoms with van der Waals surface area (Å²) in [6.45, 7) is 10.7. The van der Waals surface area contributed by atoms with E-state index >= 15 is 0 Å². The molecule has 2 rings (SSSR count). The minimum atomic E-state index is 1.02. The number of hydrogen-bond acceptors (Lipinski definition) is 0. The minimum absolute atomic E-state index is 1.02. The van der Waals surface area contributed by atoms with Crippen molar-refractivity contribution in [1.82, 2.24) is 0 Å². The maximum absolute atomic E-state index is 4.26. The SMILES string of the molecule is C=C(CCc1ccc(C)cc1)c1cc(C)ccc1C. The van der Waals surface area contributed by atoms with Crippen molar-refractivity contribution in [2.45, 2.75) is 33.6 Å². The van der Waals surface area contributed by atoms with Crippen molar-refractivity contribution < 1.29 is 0 Å². The third-order valence-electron chi connectivity index (χ3n) is 3.61. The fourth-order valence-corrected chi connectivity index (χ4v) is 2.30. The Labute approximate surface area is 116 Å². The molecule has 0 aromatic heterocycles. The van der Waals surface area contributed by atoms with E-state index in [9.17, 15) is 0 Å². The van der Waals surface area contributed by atoms with Crippen LogP contribution in [0.2, 0.25) is 0 Å². The van der Waals surface area contributed by atoms with E-state index in [-0.39, 0.29) is 0 Å². The van der Waals surface area contributed by atoms with E-state index in [0.29, 0.717) is 0 Å². The summed E-state index contributed by atoms with van der Waals surface area (Å²) in [5.74, 6) is 0. The lowest BCUT2D eigenvalue weighted by Gasteiger charge is -2.10. The molecule has 0 atom stereocenters. The molecule has 0 amide bonds. The Balaban J connectivity index is 2.05. The van der Waals surface area contributed by atoms with E-state index in [1.165, 1.54) is 33.4 Å². The molecular weight excluding hydrogens is 228 g/mol. The molecule has 0 saturated carbocycles. The van der Waals surface area contributed by atoms with E-state index in [1.54, 1.807) is 0 Å². The maximum atomic E-state index is 4.26. The van der Waals surface area contributed by atoms with E-state index in [1.807, 2.05) is 0 Å². The van der Waals surface area contributed by atoms with Gasteiger partial charge in [0, 0.05) is 0 Å². The zero-order chi connectivity index (χ0) is 13.8. The van der Waals surface area contributed by atoms with Gasteiger partial charge >= 0.3 is 0 Å². The first kappa shape index (κ1) is 13.6. The molecule has 0 saturated heterocycles. The van der Waals surface area contributed by atoms with Crippen molar-refractivity contribution in [2.75, 3.05) is 0 Å². The van der Waals surface area contributed by atoms with Crippen molar-refractivity contribution in [1.29, 1.82) is 0 Å². The molecule has 0 aliphatic heterocycles. The number of rotatable bonds is 4. The Kier molecular flexibility index (Phi) is 4.21. The highest BCUT2D eigenvalue weighted by Gasteiger charge is 2.04. The summed E-state index contributed by atoms with van der Waals surface area (Å²) in [5, 5.41) is 0. The van der Waals surface area contributed by atoms with Crippen LogP contribution in [0.5, 0.6) is 0 Å². The summed E-state index contributed by atoms with van der Waals surface area (Å²) in [6.07, 6.45) is 2.08. The van der Waals surface area contributed by atoms with Gasteiger partial charge in [-0.05, 0) is 55.9 Å². The Hall–Kier alpha value is -1.82. The van der Waals surface area contributed by atoms with Crippen molar-refractivity contribution >= 4 is 5.57 Å². The molecule has 2 aromatic rings. The smallest absolute Gasteiger partial charge is 0.0198 e. The van der Waals surface area contributed by atoms with Crippen LogP contribution in [0.25, 0.3) is 5.57 Å². The van der Waals surface area contributed by atoms with Crippen molar-refractivity contribution in [3.63, 3.8) is 0 Å². The van der Waals surface area contributed by atoms with Crippen LogP contribution in [0.4, 0.5) is 0 Å². The predicted molar refractivity (Wildman–Crippen MR) is 84.5 cm³/mol. The standard InChI is InChI=1S/C19H22/c1-14-6-10-18(11-7-14)12-9-17(4)19-13-15(2)5-8-16(19)3/h5-8,10-11,13H,4,9,12H2,1-3H3. The molecule has 0 fully saturated rings. The van der Waals surface area contributed by atoms with Gasteiger partial charge in [0.15, 0.2) is 0 Å². The summed E-state index contributed by atoms with van der Waals surface area (Å²) < 4.78 is 0. The minimum Gasteiger partial charge on any atom is -0.0952 e. The Morgan fingerprint density at radius 2 is 1.53 bits per heavy atom. The Bertz CT molecular complexity index is 573. The average molecular weight is 250 g/mol. The third-order valence-corrected chi connectivity index (χ3v) is 3.61. The number of benzene rings is 2. The monoisotopic (exact) mass is 250 g/mol. The van der Waals surface area contributed by atoms with Gasteiger partial charge in [-0.15, -0.1) is 0 Å². The molecule has 0 nitrogen and oxygen atoms in total. The molecule has 98 valence electrons. The van der Waals surface area contributed by atoms with Gasteiger partial charge in [0.2, 0.25) is 0 Å². The average Bonchev–Trinajstić information content (AvgIpc) is 2.40. The summed E-state index contributed by atoms with van der Waals surface area (Å²) in [5.41, 5.74) is 7.87. The molecule has 0 aliphatic carbocycles. The van der Waals surface area contributed by atoms with Crippen LogP contribution in [-0.4, -0.2) is 0 Å². The van der Waals surface area contributed by atoms with Crippen LogP contribution in [0.1, 0.15) is 34.2 Å². The van der Waals surface area contributed by atoms with Crippen LogP contribution >= 0.6 is 0 Å². The van der Waals surface area contributed by atoms with Gasteiger partial charge in [0.1, 0.15) is 0 Å². The van der Waals surface area contributed by atoms with Gasteiger partial charge in [-0.25, -0.2) is 0 Å². The van der Waals surface area contributed by atoms with Gasteiger partial charge < -0.3 is 0 Å². The third kappa shape index (κ3) is 3.57. The summed E-state index contributed by atoms with van der Waals surface area (Å²) in [7, 11) is 0. The normalized spacial score (nSPS) is 10.5. The molecule has 0 bridgehead atoms. The van der Waals surface area contributed by atoms with Crippen molar-refractivity contribution in [2.24, 2.45) is 0 Å². The molecule has 2 aromatic carbocycles. The second-order valence-corrected chi connectivity index (χ2v) is 5.41. The highest BCUT2D eigenvalue weighted by Crippen LogP contribution is 2.23. The van der Waals surface area contributed by atoms with E-state index < -0.39 is 0 Å². The summed E-state index contributed by atoms with van der Waals surface area (Å²) in [6, 6.07) is 15.4. The van der Waals surface area contributed by atoms with Gasteiger partial charge in [-0.1, -0.05) is 60.2 Å². The molecule has 0 N–H and O–H groups in total. The van der Waals surface area contributed by atoms with Crippen LogP contribution < -0.4 is 0 Å². The van der Waals surface area contributed by atoms with E-state index in [4.69, 9.17) is 0 Å². The lowest BCUT2D eigenvalue weighted by molar-refractivity contribution is 1.01. The second kappa shape index (κ2) is 5.88. The van der Waals surface area contributed by atoms with E-state index in [0.717, 1.165) is 12.8 Å². The number of hydrogen-bond donors (Lipinski definition) is 0. The van der Waals surface area contributed by atoms with E-state index in [2.05, 4.69) is 69.8 Å². The Morgan fingerprint density at radius 1 is 0.895 bits per heavy atom. The lowest BCUT2D eigenvalue weighted by atomic mass is 9.95. The lowest BCUT2D eigenvalue weighted by Crippen LogP contribution is -1.92. The second-order valence-electron chi connectivity index (χ2n) is 5.41. The Morgan fingerprint density at radius 3 is 2.21 bits per heavy atom. The zero-order valence-corrected chi connectivity index (χ0v) is 12.2. The van der Waals surface area contributed by atoms with Crippen molar-refractivity contribution in [3.05, 3.63) is 76.9 Å². The van der Waals surface area contributed by atoms with Gasteiger partial charge in [0.25, 0.3) is 0 Å². The highest BCUT2D eigenvalue weighted by molar-refractivity contribution is 5.67. The summed E-state index contributed by atoms with van der Waals surface area (Å²) >= 11 is 0.